The Morgan fingerprint density at radius 3 is 1.06 bits per heavy atom. The van der Waals surface area contributed by atoms with E-state index in [-0.39, 0.29) is 0 Å². The molecule has 4 aliphatic rings. The van der Waals surface area contributed by atoms with Gasteiger partial charge in [-0.3, -0.25) is 0 Å². The zero-order valence-electron chi connectivity index (χ0n) is 29.0. The maximum Gasteiger partial charge on any atom is 0.335 e. The van der Waals surface area contributed by atoms with Crippen molar-refractivity contribution in [1.29, 1.82) is 0 Å². The largest absolute Gasteiger partial charge is 0.423 e. The Morgan fingerprint density at radius 1 is 0.500 bits per heavy atom. The predicted molar refractivity (Wildman–Crippen MR) is 204 cm³/mol. The van der Waals surface area contributed by atoms with E-state index in [0.29, 0.717) is 34.1 Å². The molecule has 2 aromatic rings. The number of rotatable bonds is 11. The zero-order valence-corrected chi connectivity index (χ0v) is 30.8. The minimum atomic E-state index is -0.550. The monoisotopic (exact) mass is 686 g/mol. The van der Waals surface area contributed by atoms with Gasteiger partial charge in [0.25, 0.3) is 0 Å². The number of carbonyl (C=O) groups is 2. The average Bonchev–Trinajstić information content (AvgIpc) is 3.14. The zero-order chi connectivity index (χ0) is 33.3. The summed E-state index contributed by atoms with van der Waals surface area (Å²) in [6.45, 7) is 7.50. The van der Waals surface area contributed by atoms with Crippen LogP contribution in [0.1, 0.15) is 128 Å². The van der Waals surface area contributed by atoms with Gasteiger partial charge in [-0.25, -0.2) is 9.59 Å². The van der Waals surface area contributed by atoms with Crippen LogP contribution in [0.25, 0.3) is 11.1 Å². The van der Waals surface area contributed by atoms with Gasteiger partial charge in [0.2, 0.25) is 0 Å². The Labute approximate surface area is 292 Å². The summed E-state index contributed by atoms with van der Waals surface area (Å²) < 4.78 is 12.5. The van der Waals surface area contributed by atoms with Crippen molar-refractivity contribution in [1.82, 2.24) is 0 Å². The van der Waals surface area contributed by atoms with Gasteiger partial charge in [0.1, 0.15) is 11.5 Å². The third kappa shape index (κ3) is 8.36. The summed E-state index contributed by atoms with van der Waals surface area (Å²) in [6, 6.07) is 12.9. The van der Waals surface area contributed by atoms with Crippen molar-refractivity contribution >= 4 is 38.4 Å². The molecule has 0 bridgehead atoms. The molecule has 4 nitrogen and oxygen atoms in total. The number of ether oxygens (including phenoxy) is 2. The van der Waals surface area contributed by atoms with Crippen molar-refractivity contribution in [3.63, 3.8) is 0 Å². The van der Waals surface area contributed by atoms with Crippen LogP contribution in [0.4, 0.5) is 0 Å². The van der Waals surface area contributed by atoms with Crippen LogP contribution < -0.4 is 20.1 Å². The molecule has 0 atom stereocenters. The van der Waals surface area contributed by atoms with Crippen LogP contribution in [-0.2, 0) is 9.59 Å². The number of hydrogen-bond donors (Lipinski definition) is 0. The van der Waals surface area contributed by atoms with Crippen molar-refractivity contribution in [3.8, 4) is 22.6 Å². The molecule has 258 valence electrons. The first-order valence-corrected chi connectivity index (χ1v) is 22.1. The molecule has 0 heterocycles. The first-order valence-electron chi connectivity index (χ1n) is 19.1. The van der Waals surface area contributed by atoms with Gasteiger partial charge in [-0.1, -0.05) is 130 Å². The lowest BCUT2D eigenvalue weighted by Gasteiger charge is -2.41. The standard InChI is InChI=1S/C42H56O4P2/c1-3-39(43)45-35-27-17-29-37(47(31-19-9-5-10-20-31)32-21-11-6-12-22-32)41(35)42-36(46-40(44)4-2)28-18-30-38(42)48(33-23-13-7-14-24-33)34-25-15-8-16-26-34/h3-4,17-18,27-34H,1-2,5-16,19-26H2. The highest BCUT2D eigenvalue weighted by Crippen LogP contribution is 2.60. The van der Waals surface area contributed by atoms with Crippen LogP contribution in [0.5, 0.6) is 11.5 Å². The first kappa shape index (κ1) is 35.5. The Balaban J connectivity index is 1.62. The number of benzene rings is 2. The van der Waals surface area contributed by atoms with Crippen LogP contribution in [0.2, 0.25) is 0 Å². The minimum Gasteiger partial charge on any atom is -0.423 e. The fraction of sp³-hybridized carbons (Fsp3) is 0.571. The van der Waals surface area contributed by atoms with Gasteiger partial charge >= 0.3 is 11.9 Å². The van der Waals surface area contributed by atoms with Crippen LogP contribution >= 0.6 is 15.8 Å². The second-order valence-electron chi connectivity index (χ2n) is 14.5. The second kappa shape index (κ2) is 17.6. The van der Waals surface area contributed by atoms with Gasteiger partial charge < -0.3 is 9.47 Å². The highest BCUT2D eigenvalue weighted by Gasteiger charge is 2.39. The van der Waals surface area contributed by atoms with E-state index in [2.05, 4.69) is 37.4 Å². The molecule has 2 aromatic carbocycles. The molecular weight excluding hydrogens is 630 g/mol. The van der Waals surface area contributed by atoms with E-state index >= 15 is 0 Å². The molecule has 0 amide bonds. The number of carbonyl (C=O) groups excluding carboxylic acids is 2. The highest BCUT2D eigenvalue weighted by atomic mass is 31.1. The lowest BCUT2D eigenvalue weighted by molar-refractivity contribution is -0.129. The van der Waals surface area contributed by atoms with E-state index in [0.717, 1.165) is 11.1 Å². The van der Waals surface area contributed by atoms with Gasteiger partial charge in [-0.2, -0.15) is 0 Å². The molecule has 0 aliphatic heterocycles. The first-order chi connectivity index (χ1) is 23.6. The van der Waals surface area contributed by atoms with Crippen LogP contribution in [-0.4, -0.2) is 34.6 Å². The normalized spacial score (nSPS) is 20.5. The van der Waals surface area contributed by atoms with Crippen molar-refractivity contribution < 1.29 is 19.1 Å². The molecule has 4 saturated carbocycles. The fourth-order valence-corrected chi connectivity index (χ4v) is 17.2. The summed E-state index contributed by atoms with van der Waals surface area (Å²) in [5, 5.41) is 2.70. The van der Waals surface area contributed by atoms with E-state index < -0.39 is 27.8 Å². The quantitative estimate of drug-likeness (QED) is 0.102. The molecule has 4 fully saturated rings. The Bertz CT molecular complexity index is 1270. The Morgan fingerprint density at radius 2 is 0.792 bits per heavy atom. The van der Waals surface area contributed by atoms with Gasteiger partial charge in [-0.15, -0.1) is 0 Å². The summed E-state index contributed by atoms with van der Waals surface area (Å²) in [6.07, 6.45) is 28.4. The second-order valence-corrected chi connectivity index (χ2v) is 20.0. The minimum absolute atomic E-state index is 0.447. The molecule has 0 saturated heterocycles. The summed E-state index contributed by atoms with van der Waals surface area (Å²) >= 11 is 0. The molecule has 0 radical (unpaired) electrons. The molecule has 4 aliphatic carbocycles. The third-order valence-electron chi connectivity index (χ3n) is 11.4. The topological polar surface area (TPSA) is 52.6 Å². The van der Waals surface area contributed by atoms with E-state index in [1.54, 1.807) is 0 Å². The van der Waals surface area contributed by atoms with Crippen molar-refractivity contribution in [3.05, 3.63) is 61.7 Å². The number of hydrogen-bond acceptors (Lipinski definition) is 4. The van der Waals surface area contributed by atoms with Crippen molar-refractivity contribution in [2.75, 3.05) is 0 Å². The lowest BCUT2D eigenvalue weighted by Crippen LogP contribution is -2.30. The van der Waals surface area contributed by atoms with E-state index in [4.69, 9.17) is 9.47 Å². The molecule has 0 aromatic heterocycles. The average molecular weight is 687 g/mol. The van der Waals surface area contributed by atoms with E-state index in [1.807, 2.05) is 12.1 Å². The van der Waals surface area contributed by atoms with E-state index in [1.165, 1.54) is 151 Å². The SMILES string of the molecule is C=CC(=O)Oc1cccc(P(C2CCCCC2)C2CCCCC2)c1-c1c(OC(=O)C=C)cccc1P(C1CCCCC1)C1CCCCC1. The van der Waals surface area contributed by atoms with E-state index in [9.17, 15) is 9.59 Å². The maximum atomic E-state index is 13.0. The van der Waals surface area contributed by atoms with Crippen molar-refractivity contribution in [2.24, 2.45) is 0 Å². The molecule has 0 spiro atoms. The smallest absolute Gasteiger partial charge is 0.335 e. The van der Waals surface area contributed by atoms with Crippen molar-refractivity contribution in [2.45, 2.75) is 151 Å². The van der Waals surface area contributed by atoms with Gasteiger partial charge in [0, 0.05) is 23.3 Å². The molecule has 0 N–H and O–H groups in total. The van der Waals surface area contributed by atoms with Gasteiger partial charge in [0.05, 0.1) is 0 Å². The summed E-state index contributed by atoms with van der Waals surface area (Å²) in [5.74, 6) is 0.276. The summed E-state index contributed by atoms with van der Waals surface area (Å²) in [5.41, 5.74) is 4.65. The molecule has 0 unspecified atom stereocenters. The third-order valence-corrected chi connectivity index (χ3v) is 18.5. The van der Waals surface area contributed by atoms with Crippen LogP contribution in [0.3, 0.4) is 0 Å². The Hall–Kier alpha value is -2.28. The summed E-state index contributed by atoms with van der Waals surface area (Å²) in [7, 11) is -1.10. The molecule has 6 heteroatoms. The van der Waals surface area contributed by atoms with Gasteiger partial charge in [0.15, 0.2) is 0 Å². The van der Waals surface area contributed by atoms with Crippen LogP contribution in [0, 0.1) is 0 Å². The molecule has 48 heavy (non-hydrogen) atoms. The van der Waals surface area contributed by atoms with Gasteiger partial charge in [-0.05, 0) is 96.7 Å². The fourth-order valence-electron chi connectivity index (χ4n) is 9.26. The molecule has 6 rings (SSSR count). The predicted octanol–water partition coefficient (Wildman–Crippen LogP) is 11.1. The van der Waals surface area contributed by atoms with Crippen LogP contribution in [0.15, 0.2) is 61.7 Å². The molecular formula is C42H56O4P2. The maximum absolute atomic E-state index is 13.0. The summed E-state index contributed by atoms with van der Waals surface area (Å²) in [4.78, 5) is 26.1. The Kier molecular flexibility index (Phi) is 13.0. The highest BCUT2D eigenvalue weighted by molar-refractivity contribution is 7.68. The number of esters is 2. The lowest BCUT2D eigenvalue weighted by atomic mass is 9.99.